The molecule has 1 aromatic rings. The minimum atomic E-state index is -0.231. The smallest absolute Gasteiger partial charge is 0.161 e. The van der Waals surface area contributed by atoms with Crippen LogP contribution in [0.5, 0.6) is 5.75 Å². The fourth-order valence-electron chi connectivity index (χ4n) is 1.41. The summed E-state index contributed by atoms with van der Waals surface area (Å²) in [6.07, 6.45) is 1.78. The number of ether oxygens (including phenoxy) is 1. The summed E-state index contributed by atoms with van der Waals surface area (Å²) >= 11 is 0. The molecule has 4 nitrogen and oxygen atoms in total. The predicted octanol–water partition coefficient (Wildman–Crippen LogP) is 2.50. The van der Waals surface area contributed by atoms with E-state index in [1.54, 1.807) is 6.20 Å². The highest BCUT2D eigenvalue weighted by Gasteiger charge is 2.17. The second kappa shape index (κ2) is 5.45. The molecular weight excluding hydrogens is 214 g/mol. The summed E-state index contributed by atoms with van der Waals surface area (Å²) < 4.78 is 5.86. The number of hydrogen-bond donors (Lipinski definition) is 1. The van der Waals surface area contributed by atoms with E-state index in [9.17, 15) is 0 Å². The highest BCUT2D eigenvalue weighted by molar-refractivity contribution is 5.26. The molecule has 0 saturated carbocycles. The zero-order valence-electron chi connectivity index (χ0n) is 11.7. The summed E-state index contributed by atoms with van der Waals surface area (Å²) in [7, 11) is 1.90. The van der Waals surface area contributed by atoms with Gasteiger partial charge < -0.3 is 10.1 Å². The quantitative estimate of drug-likeness (QED) is 0.874. The summed E-state index contributed by atoms with van der Waals surface area (Å²) in [5, 5.41) is 3.11. The number of aromatic nitrogens is 2. The van der Waals surface area contributed by atoms with Gasteiger partial charge in [-0.25, -0.2) is 9.97 Å². The molecule has 96 valence electrons. The van der Waals surface area contributed by atoms with Crippen LogP contribution in [0.25, 0.3) is 0 Å². The topological polar surface area (TPSA) is 47.0 Å². The van der Waals surface area contributed by atoms with Crippen LogP contribution in [0.15, 0.2) is 6.20 Å². The second-order valence-electron chi connectivity index (χ2n) is 5.44. The predicted molar refractivity (Wildman–Crippen MR) is 69.3 cm³/mol. The van der Waals surface area contributed by atoms with Crippen molar-refractivity contribution < 1.29 is 4.74 Å². The Kier molecular flexibility index (Phi) is 4.46. The van der Waals surface area contributed by atoms with Gasteiger partial charge in [-0.05, 0) is 27.8 Å². The lowest BCUT2D eigenvalue weighted by atomic mass is 10.2. The average molecular weight is 237 g/mol. The zero-order valence-corrected chi connectivity index (χ0v) is 11.7. The van der Waals surface area contributed by atoms with E-state index in [2.05, 4.69) is 29.1 Å². The SMILES string of the molecule is CNCc1nc(C(C)C)ncc1OC(C)(C)C. The Morgan fingerprint density at radius 3 is 2.47 bits per heavy atom. The lowest BCUT2D eigenvalue weighted by Crippen LogP contribution is -2.25. The third-order valence-electron chi connectivity index (χ3n) is 2.12. The van der Waals surface area contributed by atoms with Crippen LogP contribution >= 0.6 is 0 Å². The first-order valence-corrected chi connectivity index (χ1v) is 6.03. The van der Waals surface area contributed by atoms with E-state index in [1.807, 2.05) is 27.8 Å². The molecule has 0 amide bonds. The number of rotatable bonds is 4. The van der Waals surface area contributed by atoms with Gasteiger partial charge in [0.05, 0.1) is 11.9 Å². The molecule has 0 aliphatic carbocycles. The van der Waals surface area contributed by atoms with Crippen molar-refractivity contribution in [3.63, 3.8) is 0 Å². The van der Waals surface area contributed by atoms with Crippen LogP contribution in [-0.2, 0) is 6.54 Å². The summed E-state index contributed by atoms with van der Waals surface area (Å²) in [4.78, 5) is 8.89. The van der Waals surface area contributed by atoms with Crippen molar-refractivity contribution in [1.29, 1.82) is 0 Å². The first-order valence-electron chi connectivity index (χ1n) is 6.03. The van der Waals surface area contributed by atoms with Gasteiger partial charge in [-0.3, -0.25) is 0 Å². The molecule has 0 spiro atoms. The molecule has 0 aliphatic heterocycles. The van der Waals surface area contributed by atoms with Crippen LogP contribution in [0.3, 0.4) is 0 Å². The molecule has 4 heteroatoms. The Hall–Kier alpha value is -1.16. The Morgan fingerprint density at radius 1 is 1.35 bits per heavy atom. The molecule has 0 atom stereocenters. The van der Waals surface area contributed by atoms with Gasteiger partial charge in [0.15, 0.2) is 5.75 Å². The largest absolute Gasteiger partial charge is 0.485 e. The molecule has 1 N–H and O–H groups in total. The van der Waals surface area contributed by atoms with Gasteiger partial charge in [0.25, 0.3) is 0 Å². The minimum Gasteiger partial charge on any atom is -0.485 e. The molecule has 0 bridgehead atoms. The van der Waals surface area contributed by atoms with Gasteiger partial charge in [-0.2, -0.15) is 0 Å². The first-order chi connectivity index (χ1) is 7.83. The highest BCUT2D eigenvalue weighted by Crippen LogP contribution is 2.22. The Bertz CT molecular complexity index is 369. The minimum absolute atomic E-state index is 0.231. The molecule has 0 aliphatic rings. The maximum atomic E-state index is 5.86. The summed E-state index contributed by atoms with van der Waals surface area (Å²) in [5.74, 6) is 1.95. The van der Waals surface area contributed by atoms with E-state index in [4.69, 9.17) is 4.74 Å². The Labute approximate surface area is 104 Å². The fourth-order valence-corrected chi connectivity index (χ4v) is 1.41. The second-order valence-corrected chi connectivity index (χ2v) is 5.44. The molecule has 1 aromatic heterocycles. The maximum Gasteiger partial charge on any atom is 0.161 e. The van der Waals surface area contributed by atoms with E-state index in [-0.39, 0.29) is 5.60 Å². The normalized spacial score (nSPS) is 11.9. The van der Waals surface area contributed by atoms with Crippen molar-refractivity contribution in [3.8, 4) is 5.75 Å². The lowest BCUT2D eigenvalue weighted by molar-refractivity contribution is 0.127. The number of hydrogen-bond acceptors (Lipinski definition) is 4. The van der Waals surface area contributed by atoms with Crippen LogP contribution in [0.1, 0.15) is 52.1 Å². The van der Waals surface area contributed by atoms with Gasteiger partial charge in [0.2, 0.25) is 0 Å². The molecule has 0 radical (unpaired) electrons. The van der Waals surface area contributed by atoms with Crippen molar-refractivity contribution in [2.45, 2.75) is 52.7 Å². The fraction of sp³-hybridized carbons (Fsp3) is 0.692. The van der Waals surface area contributed by atoms with Crippen LogP contribution < -0.4 is 10.1 Å². The summed E-state index contributed by atoms with van der Waals surface area (Å²) in [6, 6.07) is 0. The average Bonchev–Trinajstić information content (AvgIpc) is 2.18. The molecular formula is C13H23N3O. The Balaban J connectivity index is 3.04. The molecule has 0 fully saturated rings. The van der Waals surface area contributed by atoms with E-state index in [1.165, 1.54) is 0 Å². The molecule has 1 heterocycles. The van der Waals surface area contributed by atoms with E-state index < -0.39 is 0 Å². The van der Waals surface area contributed by atoms with Crippen molar-refractivity contribution in [1.82, 2.24) is 15.3 Å². The standard InChI is InChI=1S/C13H23N3O/c1-9(2)12-15-8-11(17-13(3,4)5)10(16-12)7-14-6/h8-9,14H,7H2,1-6H3. The first kappa shape index (κ1) is 13.9. The van der Waals surface area contributed by atoms with E-state index in [0.717, 1.165) is 17.3 Å². The van der Waals surface area contributed by atoms with Crippen LogP contribution in [0.4, 0.5) is 0 Å². The van der Waals surface area contributed by atoms with Crippen molar-refractivity contribution in [3.05, 3.63) is 17.7 Å². The number of nitrogens with zero attached hydrogens (tertiary/aromatic N) is 2. The van der Waals surface area contributed by atoms with Crippen LogP contribution in [0, 0.1) is 0 Å². The molecule has 1 rings (SSSR count). The number of nitrogens with one attached hydrogen (secondary N) is 1. The van der Waals surface area contributed by atoms with Gasteiger partial charge in [0.1, 0.15) is 11.4 Å². The van der Waals surface area contributed by atoms with Gasteiger partial charge in [-0.15, -0.1) is 0 Å². The third-order valence-corrected chi connectivity index (χ3v) is 2.12. The van der Waals surface area contributed by atoms with Gasteiger partial charge in [0, 0.05) is 12.5 Å². The molecule has 17 heavy (non-hydrogen) atoms. The van der Waals surface area contributed by atoms with Crippen LogP contribution in [0.2, 0.25) is 0 Å². The van der Waals surface area contributed by atoms with Crippen LogP contribution in [-0.4, -0.2) is 22.6 Å². The third kappa shape index (κ3) is 4.30. The summed E-state index contributed by atoms with van der Waals surface area (Å²) in [6.45, 7) is 10.9. The Morgan fingerprint density at radius 2 is 2.00 bits per heavy atom. The lowest BCUT2D eigenvalue weighted by Gasteiger charge is -2.23. The molecule has 0 aromatic carbocycles. The molecule has 0 unspecified atom stereocenters. The van der Waals surface area contributed by atoms with E-state index in [0.29, 0.717) is 12.5 Å². The zero-order chi connectivity index (χ0) is 13.1. The van der Waals surface area contributed by atoms with E-state index >= 15 is 0 Å². The van der Waals surface area contributed by atoms with Crippen molar-refractivity contribution in [2.75, 3.05) is 7.05 Å². The highest BCUT2D eigenvalue weighted by atomic mass is 16.5. The summed E-state index contributed by atoms with van der Waals surface area (Å²) in [5.41, 5.74) is 0.687. The maximum absolute atomic E-state index is 5.86. The van der Waals surface area contributed by atoms with Gasteiger partial charge >= 0.3 is 0 Å². The van der Waals surface area contributed by atoms with Crippen molar-refractivity contribution >= 4 is 0 Å². The molecule has 0 saturated heterocycles. The monoisotopic (exact) mass is 237 g/mol. The van der Waals surface area contributed by atoms with Gasteiger partial charge in [-0.1, -0.05) is 13.8 Å². The van der Waals surface area contributed by atoms with Crippen molar-refractivity contribution in [2.24, 2.45) is 0 Å².